The zero-order valence-corrected chi connectivity index (χ0v) is 15.5. The van der Waals surface area contributed by atoms with Crippen LogP contribution in [-0.4, -0.2) is 66.2 Å². The highest BCUT2D eigenvalue weighted by Crippen LogP contribution is 2.29. The lowest BCUT2D eigenvalue weighted by Gasteiger charge is -2.18. The molecule has 0 saturated carbocycles. The summed E-state index contributed by atoms with van der Waals surface area (Å²) in [5.74, 6) is 1.46. The van der Waals surface area contributed by atoms with E-state index in [0.717, 1.165) is 42.2 Å². The van der Waals surface area contributed by atoms with Crippen molar-refractivity contribution in [3.05, 3.63) is 36.7 Å². The molecule has 0 radical (unpaired) electrons. The lowest BCUT2D eigenvalue weighted by atomic mass is 10.2. The predicted molar refractivity (Wildman–Crippen MR) is 101 cm³/mol. The van der Waals surface area contributed by atoms with Gasteiger partial charge < -0.3 is 19.1 Å². The Labute approximate surface area is 157 Å². The quantitative estimate of drug-likeness (QED) is 0.590. The van der Waals surface area contributed by atoms with E-state index in [9.17, 15) is 0 Å². The van der Waals surface area contributed by atoms with Gasteiger partial charge in [-0.3, -0.25) is 0 Å². The Hall–Kier alpha value is -2.71. The molecular formula is C19H23N5O3. The van der Waals surface area contributed by atoms with Gasteiger partial charge in [-0.25, -0.2) is 14.5 Å². The lowest BCUT2D eigenvalue weighted by molar-refractivity contribution is 0.0280. The lowest BCUT2D eigenvalue weighted by Crippen LogP contribution is -2.25. The van der Waals surface area contributed by atoms with Crippen LogP contribution in [0.1, 0.15) is 6.42 Å². The average Bonchev–Trinajstić information content (AvgIpc) is 3.34. The first-order chi connectivity index (χ1) is 13.3. The van der Waals surface area contributed by atoms with Crippen LogP contribution in [-0.2, 0) is 9.47 Å². The fraction of sp³-hybridized carbons (Fsp3) is 0.421. The van der Waals surface area contributed by atoms with Crippen molar-refractivity contribution in [1.82, 2.24) is 19.6 Å². The van der Waals surface area contributed by atoms with Crippen molar-refractivity contribution in [2.45, 2.75) is 12.5 Å². The predicted octanol–water partition coefficient (Wildman–Crippen LogP) is 2.04. The third-order valence-corrected chi connectivity index (χ3v) is 4.70. The number of hydrogen-bond acceptors (Lipinski definition) is 7. The third kappa shape index (κ3) is 3.58. The number of pyridine rings is 1. The molecule has 8 heteroatoms. The molecule has 142 valence electrons. The van der Waals surface area contributed by atoms with Crippen molar-refractivity contribution in [3.63, 3.8) is 0 Å². The summed E-state index contributed by atoms with van der Waals surface area (Å²) in [6, 6.07) is 7.82. The number of ether oxygens (including phenoxy) is 3. The van der Waals surface area contributed by atoms with Crippen molar-refractivity contribution in [2.24, 2.45) is 0 Å². The van der Waals surface area contributed by atoms with Gasteiger partial charge in [-0.05, 0) is 30.7 Å². The molecule has 1 aliphatic rings. The van der Waals surface area contributed by atoms with Gasteiger partial charge in [0.2, 0.25) is 5.88 Å². The summed E-state index contributed by atoms with van der Waals surface area (Å²) in [5.41, 5.74) is 2.50. The average molecular weight is 369 g/mol. The zero-order chi connectivity index (χ0) is 18.6. The van der Waals surface area contributed by atoms with Crippen molar-refractivity contribution in [3.8, 4) is 17.1 Å². The summed E-state index contributed by atoms with van der Waals surface area (Å²) in [7, 11) is 3.30. The number of aromatic nitrogens is 4. The number of rotatable bonds is 7. The molecule has 4 heterocycles. The van der Waals surface area contributed by atoms with Crippen LogP contribution in [0.15, 0.2) is 36.7 Å². The molecule has 0 N–H and O–H groups in total. The topological polar surface area (TPSA) is 74.0 Å². The Morgan fingerprint density at radius 3 is 2.93 bits per heavy atom. The Kier molecular flexibility index (Phi) is 5.17. The fourth-order valence-corrected chi connectivity index (χ4v) is 3.33. The van der Waals surface area contributed by atoms with Crippen LogP contribution in [0, 0.1) is 0 Å². The second-order valence-electron chi connectivity index (χ2n) is 6.39. The Morgan fingerprint density at radius 2 is 2.07 bits per heavy atom. The molecule has 0 aromatic carbocycles. The van der Waals surface area contributed by atoms with Crippen LogP contribution in [0.5, 0.6) is 5.88 Å². The number of anilines is 1. The van der Waals surface area contributed by atoms with Gasteiger partial charge in [-0.2, -0.15) is 0 Å². The monoisotopic (exact) mass is 369 g/mol. The normalized spacial score (nSPS) is 17.0. The molecule has 0 aliphatic carbocycles. The van der Waals surface area contributed by atoms with Crippen LogP contribution in [0.4, 0.5) is 5.82 Å². The number of fused-ring (bicyclic) bond motifs is 1. The van der Waals surface area contributed by atoms with Gasteiger partial charge in [0, 0.05) is 26.4 Å². The van der Waals surface area contributed by atoms with Crippen LogP contribution in [0.25, 0.3) is 16.9 Å². The van der Waals surface area contributed by atoms with Crippen molar-refractivity contribution >= 4 is 11.5 Å². The highest BCUT2D eigenvalue weighted by Gasteiger charge is 2.24. The second-order valence-corrected chi connectivity index (χ2v) is 6.39. The molecule has 27 heavy (non-hydrogen) atoms. The van der Waals surface area contributed by atoms with Gasteiger partial charge in [0.15, 0.2) is 5.65 Å². The van der Waals surface area contributed by atoms with E-state index in [1.165, 1.54) is 0 Å². The summed E-state index contributed by atoms with van der Waals surface area (Å²) >= 11 is 0. The summed E-state index contributed by atoms with van der Waals surface area (Å²) in [4.78, 5) is 11.0. The van der Waals surface area contributed by atoms with Crippen LogP contribution >= 0.6 is 0 Å². The van der Waals surface area contributed by atoms with E-state index in [1.807, 2.05) is 28.8 Å². The van der Waals surface area contributed by atoms with Gasteiger partial charge in [0.1, 0.15) is 5.82 Å². The maximum Gasteiger partial charge on any atom is 0.222 e. The maximum atomic E-state index is 5.85. The molecule has 0 unspecified atom stereocenters. The number of hydrogen-bond donors (Lipinski definition) is 0. The van der Waals surface area contributed by atoms with Crippen molar-refractivity contribution < 1.29 is 14.2 Å². The van der Waals surface area contributed by atoms with Crippen LogP contribution in [0.2, 0.25) is 0 Å². The highest BCUT2D eigenvalue weighted by atomic mass is 16.5. The fourth-order valence-electron chi connectivity index (χ4n) is 3.33. The van der Waals surface area contributed by atoms with E-state index < -0.39 is 0 Å². The van der Waals surface area contributed by atoms with E-state index in [4.69, 9.17) is 19.3 Å². The largest absolute Gasteiger partial charge is 0.481 e. The standard InChI is InChI=1S/C19H23N5O3/c1-25-10-11-27-14-7-9-23(13-14)18-6-5-17-21-12-16(24(17)22-18)15-4-3-8-20-19(15)26-2/h3-6,8,12,14H,7,9-11,13H2,1-2H3/t14-/m0/s1. The molecule has 1 atom stereocenters. The van der Waals surface area contributed by atoms with Crippen molar-refractivity contribution in [2.75, 3.05) is 45.4 Å². The molecule has 0 amide bonds. The highest BCUT2D eigenvalue weighted by molar-refractivity contribution is 5.68. The first-order valence-corrected chi connectivity index (χ1v) is 9.00. The third-order valence-electron chi connectivity index (χ3n) is 4.70. The van der Waals surface area contributed by atoms with Gasteiger partial charge >= 0.3 is 0 Å². The number of imidazole rings is 1. The molecule has 1 fully saturated rings. The SMILES string of the molecule is COCCO[C@H]1CCN(c2ccc3ncc(-c4cccnc4OC)n3n2)C1. The molecule has 1 aliphatic heterocycles. The maximum absolute atomic E-state index is 5.85. The molecule has 0 spiro atoms. The molecule has 0 bridgehead atoms. The van der Waals surface area contributed by atoms with Gasteiger partial charge in [-0.15, -0.1) is 5.10 Å². The Bertz CT molecular complexity index is 913. The van der Waals surface area contributed by atoms with E-state index >= 15 is 0 Å². The van der Waals surface area contributed by atoms with E-state index in [2.05, 4.69) is 14.9 Å². The molecule has 1 saturated heterocycles. The first kappa shape index (κ1) is 17.7. The van der Waals surface area contributed by atoms with Gasteiger partial charge in [0.05, 0.1) is 43.9 Å². The van der Waals surface area contributed by atoms with E-state index in [1.54, 1.807) is 26.6 Å². The molecular weight excluding hydrogens is 346 g/mol. The summed E-state index contributed by atoms with van der Waals surface area (Å²) in [5, 5.41) is 4.82. The van der Waals surface area contributed by atoms with Gasteiger partial charge in [0.25, 0.3) is 0 Å². The van der Waals surface area contributed by atoms with Crippen LogP contribution < -0.4 is 9.64 Å². The van der Waals surface area contributed by atoms with Crippen LogP contribution in [0.3, 0.4) is 0 Å². The molecule has 4 rings (SSSR count). The molecule has 8 nitrogen and oxygen atoms in total. The molecule has 3 aromatic heterocycles. The minimum atomic E-state index is 0.207. The summed E-state index contributed by atoms with van der Waals surface area (Å²) in [6.45, 7) is 2.97. The second kappa shape index (κ2) is 7.89. The Balaban J connectivity index is 1.59. The van der Waals surface area contributed by atoms with E-state index in [-0.39, 0.29) is 6.10 Å². The Morgan fingerprint density at radius 1 is 1.15 bits per heavy atom. The molecule has 3 aromatic rings. The summed E-state index contributed by atoms with van der Waals surface area (Å²) < 4.78 is 18.1. The minimum Gasteiger partial charge on any atom is -0.481 e. The number of nitrogens with zero attached hydrogens (tertiary/aromatic N) is 5. The van der Waals surface area contributed by atoms with E-state index in [0.29, 0.717) is 19.1 Å². The smallest absolute Gasteiger partial charge is 0.222 e. The van der Waals surface area contributed by atoms with Crippen molar-refractivity contribution in [1.29, 1.82) is 0 Å². The van der Waals surface area contributed by atoms with Gasteiger partial charge in [-0.1, -0.05) is 0 Å². The zero-order valence-electron chi connectivity index (χ0n) is 15.5. The minimum absolute atomic E-state index is 0.207. The number of methoxy groups -OCH3 is 2. The summed E-state index contributed by atoms with van der Waals surface area (Å²) in [6.07, 6.45) is 4.69. The first-order valence-electron chi connectivity index (χ1n) is 9.00.